The lowest BCUT2D eigenvalue weighted by Gasteiger charge is -2.05. The average molecular weight is 339 g/mol. The zero-order chi connectivity index (χ0) is 17.0. The molecule has 3 rings (SSSR count). The van der Waals surface area contributed by atoms with Crippen LogP contribution < -0.4 is 0 Å². The topological polar surface area (TPSA) is 56.1 Å². The number of ketones is 1. The lowest BCUT2D eigenvalue weighted by atomic mass is 10.1. The molecule has 2 aromatic carbocycles. The number of benzene rings is 2. The van der Waals surface area contributed by atoms with Crippen LogP contribution >= 0.6 is 0 Å². The number of carbonyl (C=O) groups excluding carboxylic acids is 1. The molecule has 0 aliphatic carbocycles. The van der Waals surface area contributed by atoms with Crippen molar-refractivity contribution in [2.24, 2.45) is 0 Å². The summed E-state index contributed by atoms with van der Waals surface area (Å²) in [5, 5.41) is 0. The molecule has 0 aliphatic rings. The van der Waals surface area contributed by atoms with Crippen LogP contribution in [0.5, 0.6) is 0 Å². The number of hydrogen-bond donors (Lipinski definition) is 0. The molecule has 0 saturated carbocycles. The first-order chi connectivity index (χ1) is 11.5. The van der Waals surface area contributed by atoms with E-state index in [0.29, 0.717) is 11.1 Å². The fourth-order valence-corrected chi connectivity index (χ4v) is 3.77. The molecule has 0 fully saturated rings. The van der Waals surface area contributed by atoms with Crippen LogP contribution in [-0.2, 0) is 22.2 Å². The van der Waals surface area contributed by atoms with Crippen LogP contribution in [0.1, 0.15) is 21.5 Å². The minimum absolute atomic E-state index is 0.0335. The minimum Gasteiger partial charge on any atom is -0.294 e. The van der Waals surface area contributed by atoms with Gasteiger partial charge in [0.25, 0.3) is 0 Å². The van der Waals surface area contributed by atoms with Gasteiger partial charge in [-0.25, -0.2) is 8.42 Å². The van der Waals surface area contributed by atoms with E-state index in [0.717, 1.165) is 5.56 Å². The average Bonchev–Trinajstić information content (AvgIpc) is 3.06. The molecule has 0 bridgehead atoms. The van der Waals surface area contributed by atoms with Crippen molar-refractivity contribution in [1.82, 2.24) is 3.97 Å². The summed E-state index contributed by atoms with van der Waals surface area (Å²) in [7, 11) is -3.49. The van der Waals surface area contributed by atoms with Crippen molar-refractivity contribution in [3.05, 3.63) is 95.8 Å². The summed E-state index contributed by atoms with van der Waals surface area (Å²) in [5.74, 6) is -0.108. The standard InChI is InChI=1S/C19H17NO3S/c21-19(18-9-5-2-6-10-18)13-17-11-12-20(14-17)24(22,23)15-16-7-3-1-4-8-16/h1-12,14H,13,15H2. The predicted octanol–water partition coefficient (Wildman–Crippen LogP) is 3.29. The summed E-state index contributed by atoms with van der Waals surface area (Å²) < 4.78 is 26.1. The van der Waals surface area contributed by atoms with Crippen molar-refractivity contribution in [1.29, 1.82) is 0 Å². The summed E-state index contributed by atoms with van der Waals surface area (Å²) in [4.78, 5) is 12.2. The number of nitrogens with zero attached hydrogens (tertiary/aromatic N) is 1. The molecule has 0 amide bonds. The maximum Gasteiger partial charge on any atom is 0.242 e. The molecular weight excluding hydrogens is 322 g/mol. The Labute approximate surface area is 141 Å². The Morgan fingerprint density at radius 2 is 1.46 bits per heavy atom. The lowest BCUT2D eigenvalue weighted by Crippen LogP contribution is -2.13. The Morgan fingerprint density at radius 3 is 2.12 bits per heavy atom. The number of hydrogen-bond acceptors (Lipinski definition) is 3. The summed E-state index contributed by atoms with van der Waals surface area (Å²) in [6.07, 6.45) is 3.18. The molecule has 0 spiro atoms. The highest BCUT2D eigenvalue weighted by molar-refractivity contribution is 7.89. The Hall–Kier alpha value is -2.66. The largest absolute Gasteiger partial charge is 0.294 e. The van der Waals surface area contributed by atoms with Crippen LogP contribution in [0.4, 0.5) is 0 Å². The van der Waals surface area contributed by atoms with Gasteiger partial charge in [0.1, 0.15) is 0 Å². The minimum atomic E-state index is -3.49. The number of aromatic nitrogens is 1. The highest BCUT2D eigenvalue weighted by atomic mass is 32.2. The second-order valence-electron chi connectivity index (χ2n) is 5.56. The zero-order valence-corrected chi connectivity index (χ0v) is 13.8. The molecule has 0 N–H and O–H groups in total. The third-order valence-electron chi connectivity index (χ3n) is 3.70. The van der Waals surface area contributed by atoms with Crippen LogP contribution in [-0.4, -0.2) is 18.2 Å². The van der Waals surface area contributed by atoms with Gasteiger partial charge in [-0.3, -0.25) is 8.77 Å². The first-order valence-electron chi connectivity index (χ1n) is 7.57. The Balaban J connectivity index is 1.74. The van der Waals surface area contributed by atoms with Crippen molar-refractivity contribution < 1.29 is 13.2 Å². The summed E-state index contributed by atoms with van der Waals surface area (Å²) in [6, 6.07) is 19.7. The van der Waals surface area contributed by atoms with Gasteiger partial charge in [-0.2, -0.15) is 0 Å². The fourth-order valence-electron chi connectivity index (χ4n) is 2.47. The van der Waals surface area contributed by atoms with Crippen molar-refractivity contribution >= 4 is 15.8 Å². The molecule has 0 aliphatic heterocycles. The molecule has 3 aromatic rings. The lowest BCUT2D eigenvalue weighted by molar-refractivity contribution is 0.0993. The van der Waals surface area contributed by atoms with E-state index in [4.69, 9.17) is 0 Å². The van der Waals surface area contributed by atoms with Gasteiger partial charge in [0.15, 0.2) is 5.78 Å². The monoisotopic (exact) mass is 339 g/mol. The Bertz CT molecular complexity index is 929. The second-order valence-corrected chi connectivity index (χ2v) is 7.43. The Kier molecular flexibility index (Phi) is 4.62. The van der Waals surface area contributed by atoms with E-state index >= 15 is 0 Å². The van der Waals surface area contributed by atoms with Gasteiger partial charge < -0.3 is 0 Å². The van der Waals surface area contributed by atoms with Gasteiger partial charge >= 0.3 is 0 Å². The van der Waals surface area contributed by atoms with E-state index in [-0.39, 0.29) is 18.0 Å². The molecule has 4 nitrogen and oxygen atoms in total. The molecule has 1 heterocycles. The first kappa shape index (κ1) is 16.2. The van der Waals surface area contributed by atoms with Crippen LogP contribution in [0, 0.1) is 0 Å². The van der Waals surface area contributed by atoms with Crippen molar-refractivity contribution in [2.75, 3.05) is 0 Å². The predicted molar refractivity (Wildman–Crippen MR) is 93.4 cm³/mol. The van der Waals surface area contributed by atoms with E-state index in [9.17, 15) is 13.2 Å². The van der Waals surface area contributed by atoms with Gasteiger partial charge in [-0.05, 0) is 17.2 Å². The van der Waals surface area contributed by atoms with Crippen LogP contribution in [0.15, 0.2) is 79.1 Å². The molecule has 24 heavy (non-hydrogen) atoms. The highest BCUT2D eigenvalue weighted by Gasteiger charge is 2.15. The first-order valence-corrected chi connectivity index (χ1v) is 9.18. The smallest absolute Gasteiger partial charge is 0.242 e. The zero-order valence-electron chi connectivity index (χ0n) is 13.0. The normalized spacial score (nSPS) is 11.3. The van der Waals surface area contributed by atoms with Gasteiger partial charge in [0.2, 0.25) is 10.0 Å². The van der Waals surface area contributed by atoms with E-state index in [1.54, 1.807) is 30.3 Å². The van der Waals surface area contributed by atoms with E-state index in [1.165, 1.54) is 16.4 Å². The molecule has 122 valence electrons. The number of carbonyl (C=O) groups is 1. The van der Waals surface area contributed by atoms with Gasteiger partial charge in [0.05, 0.1) is 5.75 Å². The highest BCUT2D eigenvalue weighted by Crippen LogP contribution is 2.13. The maximum atomic E-state index is 12.4. The summed E-state index contributed by atoms with van der Waals surface area (Å²) in [6.45, 7) is 0. The fraction of sp³-hybridized carbons (Fsp3) is 0.105. The molecular formula is C19H17NO3S. The molecule has 0 atom stereocenters. The van der Waals surface area contributed by atoms with E-state index in [2.05, 4.69) is 0 Å². The molecule has 0 unspecified atom stereocenters. The van der Waals surface area contributed by atoms with Gasteiger partial charge in [-0.15, -0.1) is 0 Å². The van der Waals surface area contributed by atoms with E-state index < -0.39 is 10.0 Å². The van der Waals surface area contributed by atoms with Crippen LogP contribution in [0.2, 0.25) is 0 Å². The van der Waals surface area contributed by atoms with Crippen molar-refractivity contribution in [3.63, 3.8) is 0 Å². The maximum absolute atomic E-state index is 12.4. The number of Topliss-reactive ketones (excluding diaryl/α,β-unsaturated/α-hetero) is 1. The van der Waals surface area contributed by atoms with Gasteiger partial charge in [-0.1, -0.05) is 60.7 Å². The SMILES string of the molecule is O=C(Cc1ccn(S(=O)(=O)Cc2ccccc2)c1)c1ccccc1. The molecule has 5 heteroatoms. The molecule has 1 aromatic heterocycles. The second kappa shape index (κ2) is 6.84. The van der Waals surface area contributed by atoms with Crippen LogP contribution in [0.3, 0.4) is 0 Å². The van der Waals surface area contributed by atoms with Crippen LogP contribution in [0.25, 0.3) is 0 Å². The number of rotatable bonds is 6. The van der Waals surface area contributed by atoms with E-state index in [1.807, 2.05) is 36.4 Å². The quantitative estimate of drug-likeness (QED) is 0.648. The molecule has 0 radical (unpaired) electrons. The molecule has 0 saturated heterocycles. The van der Waals surface area contributed by atoms with Gasteiger partial charge in [0, 0.05) is 24.4 Å². The Morgan fingerprint density at radius 1 is 0.833 bits per heavy atom. The third-order valence-corrected chi connectivity index (χ3v) is 5.27. The summed E-state index contributed by atoms with van der Waals surface area (Å²) >= 11 is 0. The summed E-state index contributed by atoms with van der Waals surface area (Å²) in [5.41, 5.74) is 2.03. The van der Waals surface area contributed by atoms with Crippen molar-refractivity contribution in [2.45, 2.75) is 12.2 Å². The third kappa shape index (κ3) is 3.81. The van der Waals surface area contributed by atoms with Crippen molar-refractivity contribution in [3.8, 4) is 0 Å².